The fourth-order valence-electron chi connectivity index (χ4n) is 0.369. The minimum atomic E-state index is -3.26. The highest BCUT2D eigenvalue weighted by atomic mass is 32.2. The molecule has 0 amide bonds. The molecule has 0 saturated carbocycles. The quantitative estimate of drug-likeness (QED) is 0.655. The van der Waals surface area contributed by atoms with Crippen molar-refractivity contribution in [2.45, 2.75) is 26.0 Å². The number of Topliss-reactive ketones (excluding diaryl/α,β-unsaturated/α-hetero) is 1. The number of carbonyl (C=O) groups is 1. The van der Waals surface area contributed by atoms with E-state index in [1.54, 1.807) is 13.8 Å². The van der Waals surface area contributed by atoms with Crippen LogP contribution in [0.15, 0.2) is 0 Å². The van der Waals surface area contributed by atoms with Crippen LogP contribution in [0.3, 0.4) is 0 Å². The summed E-state index contributed by atoms with van der Waals surface area (Å²) in [6.07, 6.45) is 0. The van der Waals surface area contributed by atoms with Crippen molar-refractivity contribution in [3.8, 4) is 0 Å². The normalized spacial score (nSPS) is 12.0. The average Bonchev–Trinajstić information content (AvgIpc) is 1.84. The summed E-state index contributed by atoms with van der Waals surface area (Å²) in [5.41, 5.74) is 0. The first kappa shape index (κ1) is 10.6. The Balaban J connectivity index is 4.05. The molecule has 4 nitrogen and oxygen atoms in total. The molecule has 0 heterocycles. The molecule has 0 rings (SSSR count). The molecule has 0 aromatic rings. The van der Waals surface area contributed by atoms with Gasteiger partial charge in [-0.1, -0.05) is 0 Å². The molecule has 0 atom stereocenters. The Morgan fingerprint density at radius 3 is 2.18 bits per heavy atom. The van der Waals surface area contributed by atoms with Crippen LogP contribution in [0.5, 0.6) is 0 Å². The Hall–Kier alpha value is -0.420. The molecule has 0 unspecified atom stereocenters. The van der Waals surface area contributed by atoms with E-state index in [0.717, 1.165) is 0 Å². The smallest absolute Gasteiger partial charge is 0.214 e. The maximum Gasteiger partial charge on any atom is 0.214 e. The monoisotopic (exact) mass is 179 g/mol. The summed E-state index contributed by atoms with van der Waals surface area (Å²) < 4.78 is 24.1. The van der Waals surface area contributed by atoms with Gasteiger partial charge in [0.15, 0.2) is 0 Å². The Kier molecular flexibility index (Phi) is 3.68. The minimum absolute atomic E-state index is 0.111. The van der Waals surface area contributed by atoms with Crippen molar-refractivity contribution in [2.24, 2.45) is 0 Å². The fraction of sp³-hybridized carbons (Fsp3) is 0.833. The summed E-state index contributed by atoms with van der Waals surface area (Å²) in [5, 5.41) is -0.484. The third-order valence-electron chi connectivity index (χ3n) is 1.14. The van der Waals surface area contributed by atoms with E-state index in [1.807, 2.05) is 0 Å². The highest BCUT2D eigenvalue weighted by molar-refractivity contribution is 7.90. The molecule has 1 N–H and O–H groups in total. The summed E-state index contributed by atoms with van der Waals surface area (Å²) in [4.78, 5) is 10.4. The summed E-state index contributed by atoms with van der Waals surface area (Å²) in [6.45, 7) is 4.34. The molecule has 0 spiro atoms. The van der Waals surface area contributed by atoms with Crippen molar-refractivity contribution in [3.63, 3.8) is 0 Å². The van der Waals surface area contributed by atoms with E-state index in [9.17, 15) is 13.2 Å². The molecule has 5 heteroatoms. The van der Waals surface area contributed by atoms with E-state index in [2.05, 4.69) is 4.72 Å². The summed E-state index contributed by atoms with van der Waals surface area (Å²) >= 11 is 0. The van der Waals surface area contributed by atoms with Gasteiger partial charge in [-0.2, -0.15) is 0 Å². The number of ketones is 1. The molecule has 0 aliphatic heterocycles. The van der Waals surface area contributed by atoms with Crippen LogP contribution in [-0.2, 0) is 14.8 Å². The Labute approximate surface area is 67.0 Å². The van der Waals surface area contributed by atoms with Gasteiger partial charge in [0.25, 0.3) is 0 Å². The molecule has 0 aliphatic carbocycles. The van der Waals surface area contributed by atoms with Gasteiger partial charge >= 0.3 is 0 Å². The van der Waals surface area contributed by atoms with Crippen molar-refractivity contribution < 1.29 is 13.2 Å². The second-order valence-electron chi connectivity index (χ2n) is 2.62. The number of rotatable bonds is 4. The van der Waals surface area contributed by atoms with Gasteiger partial charge in [0, 0.05) is 0 Å². The predicted molar refractivity (Wildman–Crippen MR) is 42.7 cm³/mol. The van der Waals surface area contributed by atoms with Gasteiger partial charge < -0.3 is 0 Å². The van der Waals surface area contributed by atoms with Crippen LogP contribution < -0.4 is 4.72 Å². The van der Waals surface area contributed by atoms with Crippen LogP contribution in [0, 0.1) is 0 Å². The first-order chi connectivity index (χ1) is 4.86. The molecule has 0 fully saturated rings. The van der Waals surface area contributed by atoms with E-state index in [-0.39, 0.29) is 12.3 Å². The van der Waals surface area contributed by atoms with Gasteiger partial charge in [0.2, 0.25) is 10.0 Å². The molecule has 66 valence electrons. The highest BCUT2D eigenvalue weighted by Crippen LogP contribution is 1.94. The van der Waals surface area contributed by atoms with E-state index < -0.39 is 15.3 Å². The Bertz CT molecular complexity index is 230. The lowest BCUT2D eigenvalue weighted by atomic mass is 10.5. The summed E-state index contributed by atoms with van der Waals surface area (Å²) in [6, 6.07) is 0. The first-order valence-corrected chi connectivity index (χ1v) is 4.89. The maximum absolute atomic E-state index is 11.0. The zero-order chi connectivity index (χ0) is 9.07. The Morgan fingerprint density at radius 1 is 1.45 bits per heavy atom. The molecule has 11 heavy (non-hydrogen) atoms. The second-order valence-corrected chi connectivity index (χ2v) is 4.94. The van der Waals surface area contributed by atoms with Crippen LogP contribution >= 0.6 is 0 Å². The largest absolute Gasteiger partial charge is 0.299 e. The third-order valence-corrected chi connectivity index (χ3v) is 2.93. The molecular formula is C6H13NO3S. The lowest BCUT2D eigenvalue weighted by molar-refractivity contribution is -0.115. The fourth-order valence-corrected chi connectivity index (χ4v) is 1.11. The Morgan fingerprint density at radius 2 is 1.91 bits per heavy atom. The van der Waals surface area contributed by atoms with E-state index in [4.69, 9.17) is 0 Å². The zero-order valence-electron chi connectivity index (χ0n) is 6.92. The van der Waals surface area contributed by atoms with Crippen molar-refractivity contribution in [2.75, 3.05) is 6.54 Å². The van der Waals surface area contributed by atoms with Crippen LogP contribution in [0.1, 0.15) is 20.8 Å². The van der Waals surface area contributed by atoms with Crippen molar-refractivity contribution >= 4 is 15.8 Å². The van der Waals surface area contributed by atoms with E-state index in [0.29, 0.717) is 0 Å². The van der Waals surface area contributed by atoms with Crippen LogP contribution in [0.2, 0.25) is 0 Å². The van der Waals surface area contributed by atoms with Gasteiger partial charge in [-0.25, -0.2) is 13.1 Å². The molecule has 0 bridgehead atoms. The van der Waals surface area contributed by atoms with Crippen molar-refractivity contribution in [1.29, 1.82) is 0 Å². The van der Waals surface area contributed by atoms with E-state index >= 15 is 0 Å². The molecule has 0 saturated heterocycles. The van der Waals surface area contributed by atoms with Crippen LogP contribution in [0.25, 0.3) is 0 Å². The van der Waals surface area contributed by atoms with Gasteiger partial charge in [-0.3, -0.25) is 4.79 Å². The second kappa shape index (κ2) is 3.82. The van der Waals surface area contributed by atoms with Crippen LogP contribution in [-0.4, -0.2) is 26.0 Å². The molecule has 0 aromatic heterocycles. The van der Waals surface area contributed by atoms with Gasteiger partial charge in [-0.15, -0.1) is 0 Å². The van der Waals surface area contributed by atoms with Gasteiger partial charge in [0.05, 0.1) is 11.8 Å². The standard InChI is InChI=1S/C6H13NO3S/c1-5(2)11(9,10)7-4-6(3)8/h5,7H,4H2,1-3H3. The van der Waals surface area contributed by atoms with Crippen LogP contribution in [0.4, 0.5) is 0 Å². The predicted octanol–water partition coefficient (Wildman–Crippen LogP) is -0.0968. The minimum Gasteiger partial charge on any atom is -0.299 e. The molecule has 0 aliphatic rings. The van der Waals surface area contributed by atoms with Crippen molar-refractivity contribution in [3.05, 3.63) is 0 Å². The topological polar surface area (TPSA) is 63.2 Å². The summed E-state index contributed by atoms with van der Waals surface area (Å²) in [7, 11) is -3.26. The SMILES string of the molecule is CC(=O)CNS(=O)(=O)C(C)C. The average molecular weight is 179 g/mol. The van der Waals surface area contributed by atoms with Gasteiger partial charge in [0.1, 0.15) is 5.78 Å². The molecular weight excluding hydrogens is 166 g/mol. The zero-order valence-corrected chi connectivity index (χ0v) is 7.73. The first-order valence-electron chi connectivity index (χ1n) is 3.34. The van der Waals surface area contributed by atoms with Crippen molar-refractivity contribution in [1.82, 2.24) is 4.72 Å². The third kappa shape index (κ3) is 4.10. The highest BCUT2D eigenvalue weighted by Gasteiger charge is 2.14. The summed E-state index contributed by atoms with van der Waals surface area (Å²) in [5.74, 6) is -0.186. The number of hydrogen-bond acceptors (Lipinski definition) is 3. The maximum atomic E-state index is 11.0. The van der Waals surface area contributed by atoms with E-state index in [1.165, 1.54) is 6.92 Å². The number of hydrogen-bond donors (Lipinski definition) is 1. The number of nitrogens with one attached hydrogen (secondary N) is 1. The number of sulfonamides is 1. The van der Waals surface area contributed by atoms with Gasteiger partial charge in [-0.05, 0) is 20.8 Å². The molecule has 0 aromatic carbocycles. The lowest BCUT2D eigenvalue weighted by Crippen LogP contribution is -2.33. The number of carbonyl (C=O) groups excluding carboxylic acids is 1. The lowest BCUT2D eigenvalue weighted by Gasteiger charge is -2.06. The molecule has 0 radical (unpaired) electrons.